The zero-order chi connectivity index (χ0) is 18.2. The average Bonchev–Trinajstić information content (AvgIpc) is 2.62. The van der Waals surface area contributed by atoms with Gasteiger partial charge < -0.3 is 15.0 Å². The molecular formula is C19H21ClN2O3. The number of carbonyl (C=O) groups is 2. The molecule has 2 aromatic carbocycles. The highest BCUT2D eigenvalue weighted by Gasteiger charge is 2.27. The van der Waals surface area contributed by atoms with Crippen LogP contribution in [-0.2, 0) is 16.1 Å². The summed E-state index contributed by atoms with van der Waals surface area (Å²) in [7, 11) is 0. The number of hydrogen-bond acceptors (Lipinski definition) is 3. The summed E-state index contributed by atoms with van der Waals surface area (Å²) in [4.78, 5) is 26.3. The topological polar surface area (TPSA) is 58.6 Å². The summed E-state index contributed by atoms with van der Waals surface area (Å²) in [5.74, 6) is -0.440. The van der Waals surface area contributed by atoms with Crippen molar-refractivity contribution in [2.45, 2.75) is 26.4 Å². The smallest absolute Gasteiger partial charge is 0.328 e. The van der Waals surface area contributed by atoms with Crippen molar-refractivity contribution in [2.24, 2.45) is 0 Å². The molecular weight excluding hydrogens is 340 g/mol. The lowest BCUT2D eigenvalue weighted by Crippen LogP contribution is -2.45. The number of nitrogens with zero attached hydrogens (tertiary/aromatic N) is 1. The molecule has 0 bridgehead atoms. The highest BCUT2D eigenvalue weighted by molar-refractivity contribution is 6.30. The first kappa shape index (κ1) is 18.8. The van der Waals surface area contributed by atoms with E-state index in [1.165, 1.54) is 4.90 Å². The molecule has 0 heterocycles. The van der Waals surface area contributed by atoms with Crippen LogP contribution in [0.4, 0.5) is 10.5 Å². The lowest BCUT2D eigenvalue weighted by atomic mass is 10.2. The van der Waals surface area contributed by atoms with Gasteiger partial charge in [-0.3, -0.25) is 0 Å². The second-order valence-corrected chi connectivity index (χ2v) is 5.92. The van der Waals surface area contributed by atoms with Gasteiger partial charge in [0.2, 0.25) is 0 Å². The van der Waals surface area contributed by atoms with Crippen molar-refractivity contribution in [3.05, 3.63) is 65.2 Å². The summed E-state index contributed by atoms with van der Waals surface area (Å²) < 4.78 is 5.06. The van der Waals surface area contributed by atoms with Gasteiger partial charge in [0.05, 0.1) is 6.61 Å². The standard InChI is InChI=1S/C19H21ClN2O3/c1-3-25-18(23)14(2)22(13-15-7-5-4-6-8-15)19(24)21-17-11-9-16(20)10-12-17/h4-12,14H,3,13H2,1-2H3,(H,21,24)/t14-/m1/s1. The number of anilines is 1. The number of amides is 2. The summed E-state index contributed by atoms with van der Waals surface area (Å²) in [6.45, 7) is 3.95. The monoisotopic (exact) mass is 360 g/mol. The van der Waals surface area contributed by atoms with Crippen LogP contribution in [0.15, 0.2) is 54.6 Å². The second-order valence-electron chi connectivity index (χ2n) is 5.48. The summed E-state index contributed by atoms with van der Waals surface area (Å²) in [5, 5.41) is 3.37. The average molecular weight is 361 g/mol. The van der Waals surface area contributed by atoms with E-state index >= 15 is 0 Å². The van der Waals surface area contributed by atoms with Crippen LogP contribution in [0, 0.1) is 0 Å². The minimum Gasteiger partial charge on any atom is -0.464 e. The molecule has 0 aliphatic rings. The predicted octanol–water partition coefficient (Wildman–Crippen LogP) is 4.33. The highest BCUT2D eigenvalue weighted by atomic mass is 35.5. The maximum Gasteiger partial charge on any atom is 0.328 e. The van der Waals surface area contributed by atoms with Crippen LogP contribution in [0.3, 0.4) is 0 Å². The minimum absolute atomic E-state index is 0.265. The molecule has 2 rings (SSSR count). The van der Waals surface area contributed by atoms with Crippen molar-refractivity contribution < 1.29 is 14.3 Å². The number of benzene rings is 2. The quantitative estimate of drug-likeness (QED) is 0.780. The van der Waals surface area contributed by atoms with E-state index in [1.54, 1.807) is 38.1 Å². The molecule has 2 aromatic rings. The number of halogens is 1. The molecule has 0 unspecified atom stereocenters. The van der Waals surface area contributed by atoms with Crippen LogP contribution in [0.25, 0.3) is 0 Å². The van der Waals surface area contributed by atoms with Gasteiger partial charge in [0.25, 0.3) is 0 Å². The van der Waals surface area contributed by atoms with Crippen LogP contribution in [0.1, 0.15) is 19.4 Å². The Morgan fingerprint density at radius 3 is 2.36 bits per heavy atom. The van der Waals surface area contributed by atoms with E-state index in [2.05, 4.69) is 5.32 Å². The van der Waals surface area contributed by atoms with Gasteiger partial charge in [0, 0.05) is 17.3 Å². The van der Waals surface area contributed by atoms with Crippen molar-refractivity contribution in [3.8, 4) is 0 Å². The Labute approximate surface area is 152 Å². The highest BCUT2D eigenvalue weighted by Crippen LogP contribution is 2.16. The lowest BCUT2D eigenvalue weighted by molar-refractivity contribution is -0.147. The molecule has 0 radical (unpaired) electrons. The van der Waals surface area contributed by atoms with E-state index in [4.69, 9.17) is 16.3 Å². The minimum atomic E-state index is -0.715. The Kier molecular flexibility index (Phi) is 6.83. The number of hydrogen-bond donors (Lipinski definition) is 1. The van der Waals surface area contributed by atoms with Crippen molar-refractivity contribution in [1.82, 2.24) is 4.90 Å². The molecule has 1 atom stereocenters. The normalized spacial score (nSPS) is 11.5. The first-order valence-electron chi connectivity index (χ1n) is 8.05. The van der Waals surface area contributed by atoms with Crippen LogP contribution in [0.2, 0.25) is 5.02 Å². The van der Waals surface area contributed by atoms with Crippen LogP contribution in [-0.4, -0.2) is 29.5 Å². The maximum atomic E-state index is 12.7. The van der Waals surface area contributed by atoms with E-state index in [1.807, 2.05) is 30.3 Å². The summed E-state index contributed by atoms with van der Waals surface area (Å²) in [5.41, 5.74) is 1.52. The van der Waals surface area contributed by atoms with Crippen molar-refractivity contribution in [3.63, 3.8) is 0 Å². The Morgan fingerprint density at radius 2 is 1.76 bits per heavy atom. The van der Waals surface area contributed by atoms with E-state index in [0.717, 1.165) is 5.56 Å². The van der Waals surface area contributed by atoms with Crippen molar-refractivity contribution >= 4 is 29.3 Å². The van der Waals surface area contributed by atoms with Gasteiger partial charge in [0.1, 0.15) is 6.04 Å². The third-order valence-electron chi connectivity index (χ3n) is 3.65. The molecule has 25 heavy (non-hydrogen) atoms. The maximum absolute atomic E-state index is 12.7. The first-order chi connectivity index (χ1) is 12.0. The van der Waals surface area contributed by atoms with E-state index in [9.17, 15) is 9.59 Å². The zero-order valence-electron chi connectivity index (χ0n) is 14.2. The molecule has 5 nitrogen and oxygen atoms in total. The van der Waals surface area contributed by atoms with E-state index in [0.29, 0.717) is 17.3 Å². The van der Waals surface area contributed by atoms with Crippen molar-refractivity contribution in [1.29, 1.82) is 0 Å². The third kappa shape index (κ3) is 5.50. The van der Waals surface area contributed by atoms with Gasteiger partial charge in [-0.25, -0.2) is 9.59 Å². The number of ether oxygens (including phenoxy) is 1. The second kappa shape index (κ2) is 9.08. The molecule has 2 amide bonds. The number of rotatable bonds is 6. The van der Waals surface area contributed by atoms with Crippen LogP contribution < -0.4 is 5.32 Å². The zero-order valence-corrected chi connectivity index (χ0v) is 15.0. The summed E-state index contributed by atoms with van der Waals surface area (Å²) >= 11 is 5.86. The molecule has 1 N–H and O–H groups in total. The predicted molar refractivity (Wildman–Crippen MR) is 98.6 cm³/mol. The molecule has 0 spiro atoms. The number of nitrogens with one attached hydrogen (secondary N) is 1. The molecule has 0 saturated heterocycles. The molecule has 0 aromatic heterocycles. The number of urea groups is 1. The van der Waals surface area contributed by atoms with Gasteiger partial charge in [0.15, 0.2) is 0 Å². The Balaban J connectivity index is 2.18. The summed E-state index contributed by atoms with van der Waals surface area (Å²) in [6, 6.07) is 15.2. The SMILES string of the molecule is CCOC(=O)[C@@H](C)N(Cc1ccccc1)C(=O)Nc1ccc(Cl)cc1. The van der Waals surface area contributed by atoms with Gasteiger partial charge in [-0.05, 0) is 43.7 Å². The van der Waals surface area contributed by atoms with E-state index in [-0.39, 0.29) is 12.6 Å². The van der Waals surface area contributed by atoms with E-state index < -0.39 is 12.0 Å². The fourth-order valence-corrected chi connectivity index (χ4v) is 2.41. The molecule has 0 aliphatic carbocycles. The third-order valence-corrected chi connectivity index (χ3v) is 3.90. The van der Waals surface area contributed by atoms with Crippen LogP contribution in [0.5, 0.6) is 0 Å². The van der Waals surface area contributed by atoms with Crippen molar-refractivity contribution in [2.75, 3.05) is 11.9 Å². The molecule has 0 aliphatic heterocycles. The Hall–Kier alpha value is -2.53. The first-order valence-corrected chi connectivity index (χ1v) is 8.42. The Morgan fingerprint density at radius 1 is 1.12 bits per heavy atom. The molecule has 132 valence electrons. The number of carbonyl (C=O) groups excluding carboxylic acids is 2. The lowest BCUT2D eigenvalue weighted by Gasteiger charge is -2.28. The summed E-state index contributed by atoms with van der Waals surface area (Å²) in [6.07, 6.45) is 0. The van der Waals surface area contributed by atoms with Gasteiger partial charge in [-0.2, -0.15) is 0 Å². The Bertz CT molecular complexity index is 704. The van der Waals surface area contributed by atoms with Gasteiger partial charge in [-0.15, -0.1) is 0 Å². The van der Waals surface area contributed by atoms with Gasteiger partial charge in [-0.1, -0.05) is 41.9 Å². The number of esters is 1. The van der Waals surface area contributed by atoms with Crippen LogP contribution >= 0.6 is 11.6 Å². The molecule has 6 heteroatoms. The molecule has 0 fully saturated rings. The fourth-order valence-electron chi connectivity index (χ4n) is 2.28. The largest absolute Gasteiger partial charge is 0.464 e. The molecule has 0 saturated carbocycles. The van der Waals surface area contributed by atoms with Gasteiger partial charge >= 0.3 is 12.0 Å². The fraction of sp³-hybridized carbons (Fsp3) is 0.263.